The van der Waals surface area contributed by atoms with Crippen LogP contribution in [0.15, 0.2) is 79.0 Å². The molecule has 1 aliphatic heterocycles. The van der Waals surface area contributed by atoms with Gasteiger partial charge in [0.15, 0.2) is 0 Å². The number of carbonyl (C=O) groups is 1. The predicted octanol–water partition coefficient (Wildman–Crippen LogP) is 5.03. The van der Waals surface area contributed by atoms with Crippen LogP contribution in [0.1, 0.15) is 45.9 Å². The van der Waals surface area contributed by atoms with E-state index in [4.69, 9.17) is 5.73 Å². The highest BCUT2D eigenvalue weighted by Crippen LogP contribution is 2.33. The Morgan fingerprint density at radius 1 is 1.00 bits per heavy atom. The number of fused-ring (bicyclic) bond motifs is 1. The smallest absolute Gasteiger partial charge is 0.253 e. The quantitative estimate of drug-likeness (QED) is 0.355. The number of benzene rings is 3. The number of rotatable bonds is 7. The van der Waals surface area contributed by atoms with Crippen LogP contribution in [0.25, 0.3) is 10.9 Å². The molecule has 1 aromatic heterocycles. The molecule has 0 aliphatic carbocycles. The summed E-state index contributed by atoms with van der Waals surface area (Å²) < 4.78 is 0. The standard InChI is InChI=1S/C29H30N4O2/c30-19-21-8-11-28(34)24(16-21)27(17-20-6-2-1-3-7-20)32-25-12-13-31-26-18-22(9-10-23(25)26)29(35)33-14-4-5-15-33/h1-3,6-13,16,18,27,34H,4-5,14-15,17,19,30H2,(H,31,32). The van der Waals surface area contributed by atoms with Crippen LogP contribution in [-0.4, -0.2) is 34.0 Å². The number of pyridine rings is 1. The molecule has 3 aromatic carbocycles. The fourth-order valence-electron chi connectivity index (χ4n) is 4.80. The SMILES string of the molecule is NCc1ccc(O)c(C(Cc2ccccc2)Nc2ccnc3cc(C(=O)N4CCCC4)ccc23)c1. The molecule has 0 spiro atoms. The highest BCUT2D eigenvalue weighted by Gasteiger charge is 2.21. The van der Waals surface area contributed by atoms with Crippen molar-refractivity contribution in [1.29, 1.82) is 0 Å². The second kappa shape index (κ2) is 10.2. The van der Waals surface area contributed by atoms with Crippen molar-refractivity contribution in [3.63, 3.8) is 0 Å². The Morgan fingerprint density at radius 3 is 2.57 bits per heavy atom. The van der Waals surface area contributed by atoms with E-state index in [1.807, 2.05) is 59.5 Å². The number of phenolic OH excluding ortho intramolecular Hbond substituents is 1. The lowest BCUT2D eigenvalue weighted by molar-refractivity contribution is 0.0793. The predicted molar refractivity (Wildman–Crippen MR) is 139 cm³/mol. The summed E-state index contributed by atoms with van der Waals surface area (Å²) in [6, 6.07) is 23.2. The maximum atomic E-state index is 12.9. The van der Waals surface area contributed by atoms with Crippen LogP contribution in [-0.2, 0) is 13.0 Å². The Kier molecular flexibility index (Phi) is 6.64. The van der Waals surface area contributed by atoms with Crippen molar-refractivity contribution in [3.05, 3.63) is 101 Å². The number of amides is 1. The van der Waals surface area contributed by atoms with Gasteiger partial charge in [0, 0.05) is 48.0 Å². The van der Waals surface area contributed by atoms with Gasteiger partial charge in [0.2, 0.25) is 0 Å². The van der Waals surface area contributed by atoms with E-state index in [-0.39, 0.29) is 17.7 Å². The third-order valence-electron chi connectivity index (χ3n) is 6.70. The Bertz CT molecular complexity index is 1330. The minimum absolute atomic E-state index is 0.0649. The number of anilines is 1. The van der Waals surface area contributed by atoms with Crippen LogP contribution in [0, 0.1) is 0 Å². The molecule has 4 N–H and O–H groups in total. The zero-order chi connectivity index (χ0) is 24.2. The van der Waals surface area contributed by atoms with E-state index in [0.717, 1.165) is 59.2 Å². The zero-order valence-corrected chi connectivity index (χ0v) is 19.7. The molecule has 1 atom stereocenters. The van der Waals surface area contributed by atoms with Gasteiger partial charge in [-0.2, -0.15) is 0 Å². The number of likely N-dealkylation sites (tertiary alicyclic amines) is 1. The lowest BCUT2D eigenvalue weighted by Crippen LogP contribution is -2.27. The van der Waals surface area contributed by atoms with Gasteiger partial charge >= 0.3 is 0 Å². The average Bonchev–Trinajstić information content (AvgIpc) is 3.44. The third-order valence-corrected chi connectivity index (χ3v) is 6.70. The number of aromatic nitrogens is 1. The van der Waals surface area contributed by atoms with E-state index >= 15 is 0 Å². The molecule has 0 radical (unpaired) electrons. The lowest BCUT2D eigenvalue weighted by Gasteiger charge is -2.23. The van der Waals surface area contributed by atoms with Crippen LogP contribution >= 0.6 is 0 Å². The summed E-state index contributed by atoms with van der Waals surface area (Å²) >= 11 is 0. The lowest BCUT2D eigenvalue weighted by atomic mass is 9.95. The fourth-order valence-corrected chi connectivity index (χ4v) is 4.80. The monoisotopic (exact) mass is 466 g/mol. The second-order valence-corrected chi connectivity index (χ2v) is 9.07. The first-order valence-electron chi connectivity index (χ1n) is 12.1. The van der Waals surface area contributed by atoms with Gasteiger partial charge in [-0.15, -0.1) is 0 Å². The molecular formula is C29H30N4O2. The van der Waals surface area contributed by atoms with Crippen LogP contribution in [0.3, 0.4) is 0 Å². The molecule has 4 aromatic rings. The van der Waals surface area contributed by atoms with Gasteiger partial charge in [-0.25, -0.2) is 0 Å². The number of nitrogens with zero attached hydrogens (tertiary/aromatic N) is 2. The Balaban J connectivity index is 1.50. The molecular weight excluding hydrogens is 436 g/mol. The van der Waals surface area contributed by atoms with Crippen molar-refractivity contribution in [2.45, 2.75) is 31.8 Å². The summed E-state index contributed by atoms with van der Waals surface area (Å²) in [7, 11) is 0. The summed E-state index contributed by atoms with van der Waals surface area (Å²) in [6.07, 6.45) is 4.56. The van der Waals surface area contributed by atoms with E-state index < -0.39 is 0 Å². The summed E-state index contributed by atoms with van der Waals surface area (Å²) in [5.41, 5.74) is 11.1. The van der Waals surface area contributed by atoms with Gasteiger partial charge in [-0.05, 0) is 66.8 Å². The maximum absolute atomic E-state index is 12.9. The van der Waals surface area contributed by atoms with Crippen molar-refractivity contribution in [2.75, 3.05) is 18.4 Å². The molecule has 5 rings (SSSR count). The van der Waals surface area contributed by atoms with Gasteiger partial charge in [0.1, 0.15) is 5.75 Å². The number of phenols is 1. The van der Waals surface area contributed by atoms with Crippen molar-refractivity contribution in [2.24, 2.45) is 5.73 Å². The largest absolute Gasteiger partial charge is 0.508 e. The molecule has 6 heteroatoms. The number of hydrogen-bond donors (Lipinski definition) is 3. The zero-order valence-electron chi connectivity index (χ0n) is 19.7. The molecule has 1 unspecified atom stereocenters. The van der Waals surface area contributed by atoms with Crippen molar-refractivity contribution in [1.82, 2.24) is 9.88 Å². The first-order chi connectivity index (χ1) is 17.1. The van der Waals surface area contributed by atoms with Gasteiger partial charge in [-0.3, -0.25) is 9.78 Å². The van der Waals surface area contributed by atoms with Gasteiger partial charge in [-0.1, -0.05) is 36.4 Å². The van der Waals surface area contributed by atoms with Gasteiger partial charge in [0.05, 0.1) is 11.6 Å². The molecule has 2 heterocycles. The highest BCUT2D eigenvalue weighted by atomic mass is 16.3. The van der Waals surface area contributed by atoms with Crippen LogP contribution in [0.2, 0.25) is 0 Å². The number of hydrogen-bond acceptors (Lipinski definition) is 5. The van der Waals surface area contributed by atoms with Gasteiger partial charge in [0.25, 0.3) is 5.91 Å². The highest BCUT2D eigenvalue weighted by molar-refractivity contribution is 6.00. The molecule has 35 heavy (non-hydrogen) atoms. The number of nitrogens with two attached hydrogens (primary N) is 1. The van der Waals surface area contributed by atoms with Crippen LogP contribution < -0.4 is 11.1 Å². The van der Waals surface area contributed by atoms with Crippen LogP contribution in [0.5, 0.6) is 5.75 Å². The van der Waals surface area contributed by atoms with Crippen molar-refractivity contribution < 1.29 is 9.90 Å². The molecule has 1 saturated heterocycles. The van der Waals surface area contributed by atoms with E-state index in [2.05, 4.69) is 22.4 Å². The number of nitrogens with one attached hydrogen (secondary N) is 1. The van der Waals surface area contributed by atoms with Crippen molar-refractivity contribution in [3.8, 4) is 5.75 Å². The minimum atomic E-state index is -0.194. The molecule has 1 amide bonds. The number of carbonyl (C=O) groups excluding carboxylic acids is 1. The van der Waals surface area contributed by atoms with E-state index in [9.17, 15) is 9.90 Å². The third kappa shape index (κ3) is 4.98. The molecule has 178 valence electrons. The Morgan fingerprint density at radius 2 is 1.80 bits per heavy atom. The van der Waals surface area contributed by atoms with E-state index in [1.165, 1.54) is 0 Å². The molecule has 1 aliphatic rings. The first kappa shape index (κ1) is 22.9. The summed E-state index contributed by atoms with van der Waals surface area (Å²) in [4.78, 5) is 19.3. The number of aromatic hydroxyl groups is 1. The second-order valence-electron chi connectivity index (χ2n) is 9.07. The molecule has 0 saturated carbocycles. The maximum Gasteiger partial charge on any atom is 0.253 e. The van der Waals surface area contributed by atoms with Crippen LogP contribution in [0.4, 0.5) is 5.69 Å². The Labute approximate surface area is 205 Å². The molecule has 6 nitrogen and oxygen atoms in total. The summed E-state index contributed by atoms with van der Waals surface area (Å²) in [5, 5.41) is 15.3. The average molecular weight is 467 g/mol. The summed E-state index contributed by atoms with van der Waals surface area (Å²) in [5.74, 6) is 0.294. The normalized spacial score (nSPS) is 14.3. The van der Waals surface area contributed by atoms with Gasteiger partial charge < -0.3 is 21.1 Å². The summed E-state index contributed by atoms with van der Waals surface area (Å²) in [6.45, 7) is 2.04. The first-order valence-corrected chi connectivity index (χ1v) is 12.1. The minimum Gasteiger partial charge on any atom is -0.508 e. The molecule has 0 bridgehead atoms. The van der Waals surface area contributed by atoms with E-state index in [0.29, 0.717) is 18.5 Å². The topological polar surface area (TPSA) is 91.5 Å². The van der Waals surface area contributed by atoms with Crippen molar-refractivity contribution >= 4 is 22.5 Å². The molecule has 1 fully saturated rings. The fraction of sp³-hybridized carbons (Fsp3) is 0.241. The van der Waals surface area contributed by atoms with E-state index in [1.54, 1.807) is 12.3 Å². The Hall–Kier alpha value is -3.90.